The third-order valence-corrected chi connectivity index (χ3v) is 6.04. The smallest absolute Gasteiger partial charge is 0.253 e. The van der Waals surface area contributed by atoms with Gasteiger partial charge >= 0.3 is 0 Å². The Morgan fingerprint density at radius 3 is 2.29 bits per heavy atom. The maximum Gasteiger partial charge on any atom is 0.253 e. The van der Waals surface area contributed by atoms with E-state index in [2.05, 4.69) is 10.6 Å². The van der Waals surface area contributed by atoms with Gasteiger partial charge in [-0.05, 0) is 43.5 Å². The lowest BCUT2D eigenvalue weighted by molar-refractivity contribution is -0.128. The average molecular weight is 468 g/mol. The Morgan fingerprint density at radius 1 is 1.03 bits per heavy atom. The quantitative estimate of drug-likeness (QED) is 0.622. The number of benzene rings is 2. The van der Waals surface area contributed by atoms with Crippen LogP contribution in [0.5, 0.6) is 11.5 Å². The van der Waals surface area contributed by atoms with Crippen molar-refractivity contribution in [3.63, 3.8) is 0 Å². The molecule has 1 fully saturated rings. The first kappa shape index (κ1) is 25.1. The molecule has 0 spiro atoms. The number of nitrogens with zero attached hydrogens (tertiary/aromatic N) is 1. The lowest BCUT2D eigenvalue weighted by Crippen LogP contribution is -2.53. The van der Waals surface area contributed by atoms with Gasteiger partial charge in [0.05, 0.1) is 14.2 Å². The van der Waals surface area contributed by atoms with Gasteiger partial charge in [-0.2, -0.15) is 0 Å². The maximum atomic E-state index is 13.1. The molecule has 2 aromatic carbocycles. The number of likely N-dealkylation sites (tertiary alicyclic amines) is 1. The van der Waals surface area contributed by atoms with Crippen LogP contribution in [0, 0.1) is 6.92 Å². The van der Waals surface area contributed by atoms with Crippen LogP contribution in [0.4, 0.5) is 0 Å². The summed E-state index contributed by atoms with van der Waals surface area (Å²) < 4.78 is 10.7. The van der Waals surface area contributed by atoms with Gasteiger partial charge in [-0.1, -0.05) is 23.8 Å². The van der Waals surface area contributed by atoms with Crippen molar-refractivity contribution in [3.8, 4) is 11.5 Å². The molecule has 0 radical (unpaired) electrons. The Hall–Kier alpha value is -3.55. The maximum absolute atomic E-state index is 13.1. The number of aryl methyl sites for hydroxylation is 1. The third-order valence-electron chi connectivity index (χ3n) is 6.04. The standard InChI is InChI=1S/C26H33N3O5/c1-17-5-7-19(8-6-17)26(32)29-13-11-21(12-14-29)28-25(31)23(27-18(2)30)15-20-9-10-22(33-3)16-24(20)34-4/h5-10,16,21,23H,11-15H2,1-4H3,(H,27,30)(H,28,31)/t23-/m0/s1. The fraction of sp³-hybridized carbons (Fsp3) is 0.423. The highest BCUT2D eigenvalue weighted by Gasteiger charge is 2.28. The largest absolute Gasteiger partial charge is 0.497 e. The summed E-state index contributed by atoms with van der Waals surface area (Å²) in [5.74, 6) is 0.702. The first-order chi connectivity index (χ1) is 16.3. The Kier molecular flexibility index (Phi) is 8.51. The Bertz CT molecular complexity index is 1010. The predicted molar refractivity (Wildman–Crippen MR) is 129 cm³/mol. The van der Waals surface area contributed by atoms with E-state index < -0.39 is 6.04 Å². The number of hydrogen-bond acceptors (Lipinski definition) is 5. The van der Waals surface area contributed by atoms with E-state index in [9.17, 15) is 14.4 Å². The molecule has 182 valence electrons. The van der Waals surface area contributed by atoms with Gasteiger partial charge in [-0.25, -0.2) is 0 Å². The molecule has 3 amide bonds. The van der Waals surface area contributed by atoms with Crippen LogP contribution in [-0.4, -0.2) is 62.0 Å². The van der Waals surface area contributed by atoms with E-state index in [4.69, 9.17) is 9.47 Å². The first-order valence-electron chi connectivity index (χ1n) is 11.4. The number of amides is 3. The molecule has 0 aromatic heterocycles. The summed E-state index contributed by atoms with van der Waals surface area (Å²) in [5, 5.41) is 5.80. The van der Waals surface area contributed by atoms with Gasteiger partial charge in [0.1, 0.15) is 17.5 Å². The summed E-state index contributed by atoms with van der Waals surface area (Å²) in [6.45, 7) is 4.51. The van der Waals surface area contributed by atoms with Crippen LogP contribution in [-0.2, 0) is 16.0 Å². The van der Waals surface area contributed by atoms with Gasteiger partial charge in [0.15, 0.2) is 0 Å². The highest BCUT2D eigenvalue weighted by atomic mass is 16.5. The molecule has 0 aliphatic carbocycles. The van der Waals surface area contributed by atoms with Crippen molar-refractivity contribution >= 4 is 17.7 Å². The molecule has 2 N–H and O–H groups in total. The number of nitrogens with one attached hydrogen (secondary N) is 2. The van der Waals surface area contributed by atoms with Crippen molar-refractivity contribution in [2.75, 3.05) is 27.3 Å². The zero-order valence-corrected chi connectivity index (χ0v) is 20.2. The minimum Gasteiger partial charge on any atom is -0.497 e. The van der Waals surface area contributed by atoms with Crippen LogP contribution in [0.15, 0.2) is 42.5 Å². The molecule has 1 atom stereocenters. The molecule has 34 heavy (non-hydrogen) atoms. The second-order valence-corrected chi connectivity index (χ2v) is 8.58. The van der Waals surface area contributed by atoms with Crippen LogP contribution < -0.4 is 20.1 Å². The van der Waals surface area contributed by atoms with E-state index in [1.54, 1.807) is 26.4 Å². The average Bonchev–Trinajstić information content (AvgIpc) is 2.84. The molecule has 8 nitrogen and oxygen atoms in total. The second-order valence-electron chi connectivity index (χ2n) is 8.58. The van der Waals surface area contributed by atoms with Gasteiger partial charge in [0, 0.05) is 44.1 Å². The molecule has 0 unspecified atom stereocenters. The van der Waals surface area contributed by atoms with Gasteiger partial charge in [0.2, 0.25) is 11.8 Å². The number of rotatable bonds is 8. The minimum absolute atomic E-state index is 0.00694. The SMILES string of the molecule is COc1ccc(C[C@H](NC(C)=O)C(=O)NC2CCN(C(=O)c3ccc(C)cc3)CC2)c(OC)c1. The molecule has 1 heterocycles. The molecule has 1 aliphatic heterocycles. The fourth-order valence-electron chi connectivity index (χ4n) is 4.10. The van der Waals surface area contributed by atoms with Gasteiger partial charge in [-0.3, -0.25) is 14.4 Å². The summed E-state index contributed by atoms with van der Waals surface area (Å²) in [4.78, 5) is 39.4. The van der Waals surface area contributed by atoms with Crippen LogP contribution >= 0.6 is 0 Å². The topological polar surface area (TPSA) is 97.0 Å². The first-order valence-corrected chi connectivity index (χ1v) is 11.4. The van der Waals surface area contributed by atoms with Crippen molar-refractivity contribution in [3.05, 3.63) is 59.2 Å². The predicted octanol–water partition coefficient (Wildman–Crippen LogP) is 2.48. The molecule has 0 saturated carbocycles. The molecule has 8 heteroatoms. The van der Waals surface area contributed by atoms with E-state index in [1.165, 1.54) is 6.92 Å². The number of methoxy groups -OCH3 is 2. The van der Waals surface area contributed by atoms with Gasteiger partial charge in [-0.15, -0.1) is 0 Å². The summed E-state index contributed by atoms with van der Waals surface area (Å²) >= 11 is 0. The molecular formula is C26H33N3O5. The number of carbonyl (C=O) groups excluding carboxylic acids is 3. The molecule has 0 bridgehead atoms. The number of ether oxygens (including phenoxy) is 2. The molecular weight excluding hydrogens is 434 g/mol. The fourth-order valence-corrected chi connectivity index (χ4v) is 4.10. The lowest BCUT2D eigenvalue weighted by Gasteiger charge is -2.33. The van der Waals surface area contributed by atoms with E-state index >= 15 is 0 Å². The van der Waals surface area contributed by atoms with Crippen molar-refractivity contribution in [2.24, 2.45) is 0 Å². The highest BCUT2D eigenvalue weighted by Crippen LogP contribution is 2.26. The second kappa shape index (κ2) is 11.5. The number of hydrogen-bond donors (Lipinski definition) is 2. The van der Waals surface area contributed by atoms with Crippen LogP contribution in [0.1, 0.15) is 41.3 Å². The van der Waals surface area contributed by atoms with Gasteiger partial charge < -0.3 is 25.0 Å². The van der Waals surface area contributed by atoms with Crippen molar-refractivity contribution in [1.29, 1.82) is 0 Å². The zero-order chi connectivity index (χ0) is 24.7. The van der Waals surface area contributed by atoms with E-state index in [0.717, 1.165) is 11.1 Å². The molecule has 2 aromatic rings. The molecule has 1 saturated heterocycles. The Labute approximate surface area is 200 Å². The number of piperidine rings is 1. The van der Waals surface area contributed by atoms with Crippen molar-refractivity contribution in [1.82, 2.24) is 15.5 Å². The summed E-state index contributed by atoms with van der Waals surface area (Å²) in [5.41, 5.74) is 2.57. The van der Waals surface area contributed by atoms with E-state index in [1.807, 2.05) is 42.2 Å². The van der Waals surface area contributed by atoms with Crippen LogP contribution in [0.2, 0.25) is 0 Å². The van der Waals surface area contributed by atoms with Crippen molar-refractivity contribution in [2.45, 2.75) is 45.2 Å². The van der Waals surface area contributed by atoms with Crippen LogP contribution in [0.25, 0.3) is 0 Å². The van der Waals surface area contributed by atoms with E-state index in [-0.39, 0.29) is 30.2 Å². The monoisotopic (exact) mass is 467 g/mol. The molecule has 1 aliphatic rings. The van der Waals surface area contributed by atoms with E-state index in [0.29, 0.717) is 43.0 Å². The lowest BCUT2D eigenvalue weighted by atomic mass is 10.0. The zero-order valence-electron chi connectivity index (χ0n) is 20.2. The number of carbonyl (C=O) groups is 3. The molecule has 3 rings (SSSR count). The Balaban J connectivity index is 1.60. The Morgan fingerprint density at radius 2 is 1.71 bits per heavy atom. The normalized spacial score (nSPS) is 14.8. The summed E-state index contributed by atoms with van der Waals surface area (Å²) in [6.07, 6.45) is 1.59. The third kappa shape index (κ3) is 6.50. The van der Waals surface area contributed by atoms with Crippen molar-refractivity contribution < 1.29 is 23.9 Å². The summed E-state index contributed by atoms with van der Waals surface area (Å²) in [7, 11) is 3.12. The summed E-state index contributed by atoms with van der Waals surface area (Å²) in [6, 6.07) is 12.1. The van der Waals surface area contributed by atoms with Crippen LogP contribution in [0.3, 0.4) is 0 Å². The highest BCUT2D eigenvalue weighted by molar-refractivity contribution is 5.94. The minimum atomic E-state index is -0.744. The van der Waals surface area contributed by atoms with Gasteiger partial charge in [0.25, 0.3) is 5.91 Å².